The van der Waals surface area contributed by atoms with E-state index < -0.39 is 16.2 Å². The molecule has 3 heterocycles. The Morgan fingerprint density at radius 1 is 1.21 bits per heavy atom. The molecule has 0 spiro atoms. The first-order valence-corrected chi connectivity index (χ1v) is 13.6. The van der Waals surface area contributed by atoms with E-state index in [2.05, 4.69) is 25.7 Å². The highest BCUT2D eigenvalue weighted by molar-refractivity contribution is 7.92. The van der Waals surface area contributed by atoms with Crippen molar-refractivity contribution >= 4 is 39.2 Å². The van der Waals surface area contributed by atoms with Gasteiger partial charge in [0.15, 0.2) is 5.82 Å². The van der Waals surface area contributed by atoms with Crippen molar-refractivity contribution in [1.82, 2.24) is 19.6 Å². The molecule has 1 atom stereocenters. The van der Waals surface area contributed by atoms with Crippen LogP contribution in [0.15, 0.2) is 30.5 Å². The van der Waals surface area contributed by atoms with Gasteiger partial charge in [-0.2, -0.15) is 4.68 Å². The lowest BCUT2D eigenvalue weighted by Crippen LogP contribution is -2.54. The van der Waals surface area contributed by atoms with Crippen LogP contribution in [0.1, 0.15) is 25.3 Å². The SMILES string of the molecule is C[C@@H]1CN(Cc2ccc(Cl)c(N3CCC(F)CC3)c2)CCN1C(=O)n1ccc(NS(C)(=O)=O)n1. The van der Waals surface area contributed by atoms with Crippen LogP contribution in [-0.2, 0) is 16.6 Å². The molecule has 186 valence electrons. The number of nitrogens with one attached hydrogen (secondary N) is 1. The number of piperazine rings is 1. The average Bonchev–Trinajstić information content (AvgIpc) is 3.22. The molecule has 0 radical (unpaired) electrons. The van der Waals surface area contributed by atoms with Crippen LogP contribution >= 0.6 is 11.6 Å². The number of benzene rings is 1. The van der Waals surface area contributed by atoms with Crippen LogP contribution in [0.4, 0.5) is 20.7 Å². The molecular formula is C22H30ClFN6O3S. The van der Waals surface area contributed by atoms with E-state index in [0.29, 0.717) is 50.6 Å². The molecule has 9 nitrogen and oxygen atoms in total. The van der Waals surface area contributed by atoms with Crippen molar-refractivity contribution in [2.75, 3.05) is 48.6 Å². The van der Waals surface area contributed by atoms with Crippen LogP contribution in [0, 0.1) is 0 Å². The van der Waals surface area contributed by atoms with Crippen LogP contribution in [-0.4, -0.2) is 85.2 Å². The predicted molar refractivity (Wildman–Crippen MR) is 131 cm³/mol. The number of sulfonamides is 1. The first kappa shape index (κ1) is 24.7. The number of alkyl halides is 1. The first-order valence-electron chi connectivity index (χ1n) is 11.3. The van der Waals surface area contributed by atoms with Gasteiger partial charge in [-0.05, 0) is 37.5 Å². The zero-order valence-electron chi connectivity index (χ0n) is 19.3. The Morgan fingerprint density at radius 2 is 1.94 bits per heavy atom. The van der Waals surface area contributed by atoms with Gasteiger partial charge in [-0.1, -0.05) is 17.7 Å². The van der Waals surface area contributed by atoms with Gasteiger partial charge < -0.3 is 9.80 Å². The number of rotatable bonds is 5. The molecule has 2 aromatic rings. The minimum absolute atomic E-state index is 0.0490. The number of piperidine rings is 1. The van der Waals surface area contributed by atoms with Crippen LogP contribution in [0.5, 0.6) is 0 Å². The van der Waals surface area contributed by atoms with Gasteiger partial charge in [0.25, 0.3) is 0 Å². The highest BCUT2D eigenvalue weighted by Gasteiger charge is 2.29. The molecular weight excluding hydrogens is 483 g/mol. The molecule has 2 saturated heterocycles. The molecule has 2 fully saturated rings. The third kappa shape index (κ3) is 6.00. The Labute approximate surface area is 204 Å². The Bertz CT molecular complexity index is 1140. The van der Waals surface area contributed by atoms with Crippen LogP contribution in [0.25, 0.3) is 0 Å². The summed E-state index contributed by atoms with van der Waals surface area (Å²) in [5.74, 6) is 0.108. The van der Waals surface area contributed by atoms with Gasteiger partial charge >= 0.3 is 6.03 Å². The fourth-order valence-electron chi connectivity index (χ4n) is 4.51. The molecule has 0 saturated carbocycles. The fourth-order valence-corrected chi connectivity index (χ4v) is 5.24. The monoisotopic (exact) mass is 512 g/mol. The van der Waals surface area contributed by atoms with Crippen molar-refractivity contribution in [3.63, 3.8) is 0 Å². The number of halogens is 2. The zero-order valence-corrected chi connectivity index (χ0v) is 20.9. The summed E-state index contributed by atoms with van der Waals surface area (Å²) in [7, 11) is -3.46. The number of nitrogens with zero attached hydrogens (tertiary/aromatic N) is 5. The molecule has 1 aromatic carbocycles. The van der Waals surface area contributed by atoms with Gasteiger partial charge in [-0.3, -0.25) is 9.62 Å². The smallest absolute Gasteiger partial charge is 0.345 e. The maximum Gasteiger partial charge on any atom is 0.345 e. The molecule has 12 heteroatoms. The van der Waals surface area contributed by atoms with Gasteiger partial charge in [0.1, 0.15) is 6.17 Å². The molecule has 0 aliphatic carbocycles. The summed E-state index contributed by atoms with van der Waals surface area (Å²) in [4.78, 5) is 19.1. The summed E-state index contributed by atoms with van der Waals surface area (Å²) in [6.07, 6.45) is 2.80. The van der Waals surface area contributed by atoms with E-state index in [4.69, 9.17) is 11.6 Å². The largest absolute Gasteiger partial charge is 0.370 e. The van der Waals surface area contributed by atoms with E-state index in [1.54, 1.807) is 4.90 Å². The molecule has 4 rings (SSSR count). The van der Waals surface area contributed by atoms with Gasteiger partial charge in [0.2, 0.25) is 10.0 Å². The van der Waals surface area contributed by atoms with Gasteiger partial charge in [0.05, 0.1) is 17.0 Å². The fraction of sp³-hybridized carbons (Fsp3) is 0.545. The molecule has 1 amide bonds. The maximum absolute atomic E-state index is 13.5. The summed E-state index contributed by atoms with van der Waals surface area (Å²) in [6.45, 7) is 5.94. The number of hydrogen-bond acceptors (Lipinski definition) is 6. The van der Waals surface area contributed by atoms with Crippen molar-refractivity contribution in [2.24, 2.45) is 0 Å². The highest BCUT2D eigenvalue weighted by atomic mass is 35.5. The maximum atomic E-state index is 13.5. The zero-order chi connectivity index (χ0) is 24.5. The van der Waals surface area contributed by atoms with E-state index in [1.807, 2.05) is 19.1 Å². The van der Waals surface area contributed by atoms with E-state index in [-0.39, 0.29) is 17.9 Å². The average molecular weight is 513 g/mol. The second-order valence-electron chi connectivity index (χ2n) is 9.03. The van der Waals surface area contributed by atoms with E-state index in [9.17, 15) is 17.6 Å². The quantitative estimate of drug-likeness (QED) is 0.662. The van der Waals surface area contributed by atoms with Gasteiger partial charge in [-0.15, -0.1) is 5.10 Å². The number of carbonyl (C=O) groups excluding carboxylic acids is 1. The lowest BCUT2D eigenvalue weighted by atomic mass is 10.1. The van der Waals surface area contributed by atoms with Crippen molar-refractivity contribution in [1.29, 1.82) is 0 Å². The number of amides is 1. The number of anilines is 2. The standard InChI is InChI=1S/C22H30ClFN6O3S/c1-16-14-27(11-12-29(16)22(31)30-10-7-21(25-30)26-34(2,32)33)15-17-3-4-19(23)20(13-17)28-8-5-18(24)6-9-28/h3-4,7,10,13,16,18H,5-6,8-9,11-12,14-15H2,1-2H3,(H,25,26)/t16-/m1/s1. The lowest BCUT2D eigenvalue weighted by Gasteiger charge is -2.39. The predicted octanol–water partition coefficient (Wildman–Crippen LogP) is 3.02. The summed E-state index contributed by atoms with van der Waals surface area (Å²) in [5, 5.41) is 4.71. The first-order chi connectivity index (χ1) is 16.1. The number of hydrogen-bond donors (Lipinski definition) is 1. The molecule has 2 aliphatic rings. The van der Waals surface area contributed by atoms with Crippen LogP contribution in [0.3, 0.4) is 0 Å². The Kier molecular flexibility index (Phi) is 7.34. The van der Waals surface area contributed by atoms with Crippen molar-refractivity contribution in [3.8, 4) is 0 Å². The Balaban J connectivity index is 1.37. The minimum Gasteiger partial charge on any atom is -0.370 e. The molecule has 1 N–H and O–H groups in total. The van der Waals surface area contributed by atoms with Crippen molar-refractivity contribution < 1.29 is 17.6 Å². The van der Waals surface area contributed by atoms with E-state index >= 15 is 0 Å². The van der Waals surface area contributed by atoms with E-state index in [0.717, 1.165) is 28.7 Å². The van der Waals surface area contributed by atoms with Gasteiger partial charge in [-0.25, -0.2) is 17.6 Å². The normalized spacial score (nSPS) is 20.5. The number of carbonyl (C=O) groups is 1. The summed E-state index contributed by atoms with van der Waals surface area (Å²) < 4.78 is 39.7. The molecule has 1 aromatic heterocycles. The van der Waals surface area contributed by atoms with Crippen LogP contribution in [0.2, 0.25) is 5.02 Å². The molecule has 2 aliphatic heterocycles. The van der Waals surface area contributed by atoms with E-state index in [1.165, 1.54) is 12.3 Å². The Morgan fingerprint density at radius 3 is 2.62 bits per heavy atom. The van der Waals surface area contributed by atoms with Crippen molar-refractivity contribution in [3.05, 3.63) is 41.0 Å². The summed E-state index contributed by atoms with van der Waals surface area (Å²) >= 11 is 6.44. The lowest BCUT2D eigenvalue weighted by molar-refractivity contribution is 0.0968. The molecule has 34 heavy (non-hydrogen) atoms. The van der Waals surface area contributed by atoms with Crippen LogP contribution < -0.4 is 9.62 Å². The topological polar surface area (TPSA) is 90.8 Å². The number of aromatic nitrogens is 2. The molecule has 0 bridgehead atoms. The Hall–Kier alpha value is -2.37. The highest BCUT2D eigenvalue weighted by Crippen LogP contribution is 2.30. The second-order valence-corrected chi connectivity index (χ2v) is 11.2. The van der Waals surface area contributed by atoms with Gasteiger partial charge in [0, 0.05) is 57.6 Å². The van der Waals surface area contributed by atoms with Crippen molar-refractivity contribution in [2.45, 2.75) is 38.5 Å². The third-order valence-electron chi connectivity index (χ3n) is 6.21. The summed E-state index contributed by atoms with van der Waals surface area (Å²) in [6, 6.07) is 7.11. The minimum atomic E-state index is -3.46. The molecule has 0 unspecified atom stereocenters. The summed E-state index contributed by atoms with van der Waals surface area (Å²) in [5.41, 5.74) is 2.07. The third-order valence-corrected chi connectivity index (χ3v) is 7.11. The second kappa shape index (κ2) is 10.1.